The van der Waals surface area contributed by atoms with Crippen molar-refractivity contribution in [1.82, 2.24) is 52.8 Å². The standard InChI is InChI=1S/C56H88N14O10/c1-7-33(3)48(69-53(78)42(23-24-46(58)73)66-52(77)41(22-16-27-63-56(59)60)65-47(74)25-28-62-35(5)71)45(72)31-37(19-14-15-26-57)50(75)70-49(34(4)8-2)55(80)68-44(30-38-32-64-40-21-13-12-20-39(38)40)54(79)67-43(51(76)61-6)29-36-17-10-9-11-18-36/h9-13,17-18,20-21,32-34,37,41-44,48-49,56,63-64H,7-8,14-16,19,22-31,57,59-60H2,1-6H3,(H2,58,73)(H,61,76)(H,62,71)(H,65,74)(H,66,77)(H,67,79)(H,68,80)(H,69,78)(H,70,75)/t33?,34?,37-,41+,42+,43+,44+,48+,49+/m1/s1. The Bertz CT molecular complexity index is 2510. The fourth-order valence-corrected chi connectivity index (χ4v) is 9.02. The van der Waals surface area contributed by atoms with Gasteiger partial charge in [0, 0.05) is 75.6 Å². The largest absolute Gasteiger partial charge is 0.370 e. The number of Topliss-reactive ketones (excluding diaryl/α,β-unsaturated/α-hetero) is 1. The molecule has 0 saturated carbocycles. The zero-order valence-electron chi connectivity index (χ0n) is 47.3. The maximum absolute atomic E-state index is 14.7. The Morgan fingerprint density at radius 2 is 1.19 bits per heavy atom. The number of nitrogens with two attached hydrogens (primary N) is 4. The van der Waals surface area contributed by atoms with E-state index < -0.39 is 113 Å². The third-order valence-electron chi connectivity index (χ3n) is 14.1. The summed E-state index contributed by atoms with van der Waals surface area (Å²) in [4.78, 5) is 139. The molecule has 0 aliphatic rings. The van der Waals surface area contributed by atoms with E-state index in [1.54, 1.807) is 20.0 Å². The number of amides is 9. The minimum atomic E-state index is -1.41. The minimum absolute atomic E-state index is 0.00366. The van der Waals surface area contributed by atoms with Crippen LogP contribution in [0, 0.1) is 17.8 Å². The number of unbranched alkanes of at least 4 members (excludes halogenated alkanes) is 1. The van der Waals surface area contributed by atoms with Gasteiger partial charge in [-0.15, -0.1) is 0 Å². The van der Waals surface area contributed by atoms with Crippen molar-refractivity contribution in [3.05, 3.63) is 71.9 Å². The first-order valence-electron chi connectivity index (χ1n) is 27.7. The number of hydrogen-bond donors (Lipinski definition) is 14. The van der Waals surface area contributed by atoms with Gasteiger partial charge in [-0.25, -0.2) is 0 Å². The molecule has 0 bridgehead atoms. The van der Waals surface area contributed by atoms with Crippen LogP contribution in [0.2, 0.25) is 0 Å². The second-order valence-electron chi connectivity index (χ2n) is 20.4. The predicted molar refractivity (Wildman–Crippen MR) is 304 cm³/mol. The maximum atomic E-state index is 14.7. The number of fused-ring (bicyclic) bond motifs is 1. The zero-order chi connectivity index (χ0) is 59.3. The molecule has 2 unspecified atom stereocenters. The maximum Gasteiger partial charge on any atom is 0.243 e. The second kappa shape index (κ2) is 35.4. The summed E-state index contributed by atoms with van der Waals surface area (Å²) < 4.78 is 0. The summed E-state index contributed by atoms with van der Waals surface area (Å²) in [5.41, 5.74) is 24.9. The fourth-order valence-electron chi connectivity index (χ4n) is 9.02. The quantitative estimate of drug-likeness (QED) is 0.0261. The molecule has 24 nitrogen and oxygen atoms in total. The Labute approximate surface area is 469 Å². The molecular formula is C56H88N14O10. The van der Waals surface area contributed by atoms with Crippen LogP contribution >= 0.6 is 0 Å². The lowest BCUT2D eigenvalue weighted by molar-refractivity contribution is -0.137. The molecule has 1 heterocycles. The van der Waals surface area contributed by atoms with Gasteiger partial charge in [-0.3, -0.25) is 53.3 Å². The van der Waals surface area contributed by atoms with Crippen LogP contribution in [-0.2, 0) is 60.8 Å². The highest BCUT2D eigenvalue weighted by atomic mass is 16.2. The Morgan fingerprint density at radius 1 is 0.600 bits per heavy atom. The first kappa shape index (κ1) is 67.0. The van der Waals surface area contributed by atoms with Gasteiger partial charge in [0.25, 0.3) is 0 Å². The van der Waals surface area contributed by atoms with Gasteiger partial charge in [-0.1, -0.05) is 95.5 Å². The summed E-state index contributed by atoms with van der Waals surface area (Å²) in [6, 6.07) is 9.42. The number of primary amides is 1. The normalized spacial score (nSPS) is 14.6. The highest BCUT2D eigenvalue weighted by molar-refractivity contribution is 5.98. The highest BCUT2D eigenvalue weighted by Crippen LogP contribution is 2.22. The molecule has 0 saturated heterocycles. The summed E-state index contributed by atoms with van der Waals surface area (Å²) in [5.74, 6) is -8.16. The van der Waals surface area contributed by atoms with Crippen molar-refractivity contribution < 1.29 is 47.9 Å². The molecule has 9 atom stereocenters. The molecule has 0 radical (unpaired) electrons. The number of carbonyl (C=O) groups excluding carboxylic acids is 10. The molecule has 0 aliphatic heterocycles. The molecule has 9 amide bonds. The Morgan fingerprint density at radius 3 is 1.82 bits per heavy atom. The van der Waals surface area contributed by atoms with Crippen molar-refractivity contribution in [1.29, 1.82) is 0 Å². The molecule has 18 N–H and O–H groups in total. The number of H-pyrrole nitrogens is 1. The molecule has 1 aromatic heterocycles. The summed E-state index contributed by atoms with van der Waals surface area (Å²) >= 11 is 0. The Balaban J connectivity index is 1.93. The monoisotopic (exact) mass is 1120 g/mol. The number of carbonyl (C=O) groups is 10. The molecule has 80 heavy (non-hydrogen) atoms. The summed E-state index contributed by atoms with van der Waals surface area (Å²) in [6.45, 7) is 9.03. The van der Waals surface area contributed by atoms with Gasteiger partial charge in [0.2, 0.25) is 53.2 Å². The zero-order valence-corrected chi connectivity index (χ0v) is 47.3. The molecular weight excluding hydrogens is 1030 g/mol. The van der Waals surface area contributed by atoms with Crippen LogP contribution in [-0.4, -0.2) is 133 Å². The predicted octanol–water partition coefficient (Wildman–Crippen LogP) is -0.233. The first-order valence-corrected chi connectivity index (χ1v) is 27.7. The van der Waals surface area contributed by atoms with Crippen LogP contribution < -0.4 is 70.8 Å². The third kappa shape index (κ3) is 23.2. The van der Waals surface area contributed by atoms with Crippen LogP contribution in [0.25, 0.3) is 10.9 Å². The van der Waals surface area contributed by atoms with Crippen molar-refractivity contribution in [2.75, 3.05) is 26.7 Å². The minimum Gasteiger partial charge on any atom is -0.370 e. The number of aromatic amines is 1. The van der Waals surface area contributed by atoms with Crippen LogP contribution in [0.3, 0.4) is 0 Å². The lowest BCUT2D eigenvalue weighted by atomic mass is 9.87. The van der Waals surface area contributed by atoms with E-state index in [1.165, 1.54) is 14.0 Å². The number of para-hydroxylation sites is 1. The summed E-state index contributed by atoms with van der Waals surface area (Å²) in [5, 5.41) is 25.5. The van der Waals surface area contributed by atoms with Crippen LogP contribution in [0.5, 0.6) is 0 Å². The number of hydrogen-bond acceptors (Lipinski definition) is 14. The van der Waals surface area contributed by atoms with E-state index in [1.807, 2.05) is 68.4 Å². The molecule has 442 valence electrons. The van der Waals surface area contributed by atoms with E-state index in [2.05, 4.69) is 52.8 Å². The van der Waals surface area contributed by atoms with Crippen LogP contribution in [0.15, 0.2) is 60.8 Å². The van der Waals surface area contributed by atoms with Gasteiger partial charge in [0.1, 0.15) is 36.5 Å². The van der Waals surface area contributed by atoms with E-state index in [0.29, 0.717) is 38.6 Å². The van der Waals surface area contributed by atoms with Gasteiger partial charge in [-0.05, 0) is 74.2 Å². The lowest BCUT2D eigenvalue weighted by Gasteiger charge is -2.30. The number of rotatable bonds is 38. The lowest BCUT2D eigenvalue weighted by Crippen LogP contribution is -2.59. The summed E-state index contributed by atoms with van der Waals surface area (Å²) in [6.07, 6.45) is 2.29. The van der Waals surface area contributed by atoms with E-state index in [4.69, 9.17) is 22.9 Å². The molecule has 24 heteroatoms. The molecule has 3 aromatic rings. The number of ketones is 1. The molecule has 0 fully saturated rings. The average molecular weight is 1120 g/mol. The highest BCUT2D eigenvalue weighted by Gasteiger charge is 2.37. The Hall–Kier alpha value is -7.28. The smallest absolute Gasteiger partial charge is 0.243 e. The van der Waals surface area contributed by atoms with Crippen molar-refractivity contribution in [3.8, 4) is 0 Å². The van der Waals surface area contributed by atoms with E-state index >= 15 is 0 Å². The molecule has 0 spiro atoms. The van der Waals surface area contributed by atoms with Crippen LogP contribution in [0.4, 0.5) is 0 Å². The van der Waals surface area contributed by atoms with Crippen molar-refractivity contribution >= 4 is 69.9 Å². The molecule has 3 rings (SSSR count). The van der Waals surface area contributed by atoms with Gasteiger partial charge in [0.05, 0.1) is 6.04 Å². The van der Waals surface area contributed by atoms with Gasteiger partial charge in [0.15, 0.2) is 5.78 Å². The Kier molecular flexibility index (Phi) is 29.6. The average Bonchev–Trinajstić information content (AvgIpc) is 3.84. The number of benzene rings is 2. The van der Waals surface area contributed by atoms with E-state index in [-0.39, 0.29) is 70.4 Å². The van der Waals surface area contributed by atoms with Crippen molar-refractivity contribution in [2.45, 2.75) is 161 Å². The van der Waals surface area contributed by atoms with Gasteiger partial charge >= 0.3 is 0 Å². The number of aromatic nitrogens is 1. The second-order valence-corrected chi connectivity index (χ2v) is 20.4. The number of likely N-dealkylation sites (N-methyl/N-ethyl adjacent to an activating group) is 1. The SMILES string of the molecule is CCC(C)[C@H](NC(=O)[C@H](CCC(N)=O)NC(=O)[C@H](CCCNC(N)N)NC(=O)CCNC(C)=O)C(=O)C[C@@H](CCCCN)C(=O)N[C@H](C(=O)N[C@@H](Cc1c[nH]c2ccccc12)C(=O)N[C@@H](Cc1ccccc1)C(=O)NC)C(C)CC. The fraction of sp³-hybridized carbons (Fsp3) is 0.571. The topological polar surface area (TPSA) is 399 Å². The number of nitrogens with one attached hydrogen (secondary N) is 10. The van der Waals surface area contributed by atoms with Crippen molar-refractivity contribution in [3.63, 3.8) is 0 Å². The molecule has 0 aliphatic carbocycles. The molecule has 2 aromatic carbocycles. The van der Waals surface area contributed by atoms with Gasteiger partial charge < -0.3 is 70.5 Å². The van der Waals surface area contributed by atoms with Gasteiger partial charge in [-0.2, -0.15) is 0 Å². The van der Waals surface area contributed by atoms with E-state index in [0.717, 1.165) is 22.0 Å². The summed E-state index contributed by atoms with van der Waals surface area (Å²) in [7, 11) is 1.47. The third-order valence-corrected chi connectivity index (χ3v) is 14.1. The first-order chi connectivity index (χ1) is 38.1. The van der Waals surface area contributed by atoms with E-state index in [9.17, 15) is 47.9 Å². The van der Waals surface area contributed by atoms with Crippen molar-refractivity contribution in [2.24, 2.45) is 40.7 Å². The van der Waals surface area contributed by atoms with Crippen LogP contribution in [0.1, 0.15) is 116 Å².